The third-order valence-corrected chi connectivity index (χ3v) is 24.1. The third-order valence-electron chi connectivity index (χ3n) is 24.1. The van der Waals surface area contributed by atoms with Crippen LogP contribution in [0.2, 0.25) is 0 Å². The first kappa shape index (κ1) is 83.9. The number of para-hydroxylation sites is 10. The molecule has 15 heteroatoms. The first-order chi connectivity index (χ1) is 66.5. The van der Waals surface area contributed by atoms with Gasteiger partial charge in [0.2, 0.25) is 0 Å². The molecule has 135 heavy (non-hydrogen) atoms. The van der Waals surface area contributed by atoms with E-state index in [4.69, 9.17) is 0 Å². The van der Waals surface area contributed by atoms with Gasteiger partial charge in [-0.05, 0) is 303 Å². The number of nitrogens with one attached hydrogen (secondary N) is 5. The Morgan fingerprint density at radius 3 is 0.533 bits per heavy atom. The summed E-state index contributed by atoms with van der Waals surface area (Å²) in [6.45, 7) is 0. The Morgan fingerprint density at radius 2 is 0.281 bits per heavy atom. The highest BCUT2D eigenvalue weighted by Gasteiger charge is 2.20. The first-order valence-electron chi connectivity index (χ1n) is 44.5. The van der Waals surface area contributed by atoms with Gasteiger partial charge >= 0.3 is 0 Å². The molecule has 0 bridgehead atoms. The summed E-state index contributed by atoms with van der Waals surface area (Å²) < 4.78 is 78.2. The predicted octanol–water partition coefficient (Wildman–Crippen LogP) is 33.3. The van der Waals surface area contributed by atoms with Crippen LogP contribution in [0.1, 0.15) is 0 Å². The zero-order chi connectivity index (χ0) is 91.1. The van der Waals surface area contributed by atoms with Crippen LogP contribution in [0, 0.1) is 29.1 Å². The summed E-state index contributed by atoms with van der Waals surface area (Å²) in [5.74, 6) is -1.20. The molecule has 20 aromatic carbocycles. The van der Waals surface area contributed by atoms with Crippen LogP contribution in [-0.4, -0.2) is 22.8 Å². The van der Waals surface area contributed by atoms with Gasteiger partial charge in [0, 0.05) is 139 Å². The summed E-state index contributed by atoms with van der Waals surface area (Å²) in [7, 11) is 0. The minimum Gasteiger partial charge on any atom is -0.356 e. The second-order valence-corrected chi connectivity index (χ2v) is 32.8. The number of anilines is 10. The van der Waals surface area contributed by atoms with Crippen molar-refractivity contribution in [3.05, 3.63) is 514 Å². The van der Waals surface area contributed by atoms with Gasteiger partial charge in [-0.1, -0.05) is 182 Å². The van der Waals surface area contributed by atoms with Gasteiger partial charge < -0.3 is 49.4 Å². The summed E-state index contributed by atoms with van der Waals surface area (Å²) in [4.78, 5) is 0. The molecule has 5 heterocycles. The van der Waals surface area contributed by atoms with Gasteiger partial charge in [-0.25, -0.2) is 22.0 Å². The van der Waals surface area contributed by atoms with Crippen LogP contribution in [0.4, 0.5) is 78.8 Å². The number of nitrogens with zero attached hydrogens (tertiary/aromatic N) is 5. The van der Waals surface area contributed by atoms with Crippen LogP contribution in [0.3, 0.4) is 0 Å². The smallest absolute Gasteiger partial charge is 0.123 e. The number of halogens is 5. The Labute approximate surface area is 775 Å². The molecule has 25 rings (SSSR count). The number of fused-ring (bicyclic) bond motifs is 15. The molecule has 0 aliphatic carbocycles. The molecule has 0 aliphatic rings. The van der Waals surface area contributed by atoms with Crippen molar-refractivity contribution in [3.63, 3.8) is 0 Å². The van der Waals surface area contributed by atoms with Gasteiger partial charge in [-0.15, -0.1) is 0 Å². The number of hydrogen-bond donors (Lipinski definition) is 5. The van der Waals surface area contributed by atoms with E-state index < -0.39 is 0 Å². The molecule has 0 saturated heterocycles. The molecule has 25 aromatic rings. The van der Waals surface area contributed by atoms with E-state index in [-0.39, 0.29) is 29.1 Å². The second-order valence-electron chi connectivity index (χ2n) is 32.8. The molecule has 0 saturated carbocycles. The van der Waals surface area contributed by atoms with Crippen molar-refractivity contribution in [2.75, 3.05) is 26.6 Å². The molecule has 10 nitrogen and oxygen atoms in total. The van der Waals surface area contributed by atoms with Gasteiger partial charge in [0.15, 0.2) is 0 Å². The Bertz CT molecular complexity index is 8530. The lowest BCUT2D eigenvalue weighted by Gasteiger charge is -2.09. The maximum absolute atomic E-state index is 14.0. The number of hydrogen-bond acceptors (Lipinski definition) is 5. The molecular formula is C120H85F5N10. The number of aromatic nitrogens is 5. The van der Waals surface area contributed by atoms with Gasteiger partial charge in [-0.2, -0.15) is 0 Å². The van der Waals surface area contributed by atoms with Crippen LogP contribution < -0.4 is 26.6 Å². The summed E-state index contributed by atoms with van der Waals surface area (Å²) in [5, 5.41) is 28.4. The fraction of sp³-hybridized carbons (Fsp3) is 0. The molecular weight excluding hydrogens is 1680 g/mol. The van der Waals surface area contributed by atoms with E-state index in [1.807, 2.05) is 158 Å². The Kier molecular flexibility index (Phi) is 23.4. The highest BCUT2D eigenvalue weighted by Crippen LogP contribution is 2.42. The van der Waals surface area contributed by atoms with Gasteiger partial charge in [0.05, 0.1) is 55.2 Å². The fourth-order valence-electron chi connectivity index (χ4n) is 18.0. The molecule has 5 aromatic heterocycles. The first-order valence-corrected chi connectivity index (χ1v) is 44.5. The Morgan fingerprint density at radius 1 is 0.119 bits per heavy atom. The third kappa shape index (κ3) is 17.7. The molecule has 0 radical (unpaired) electrons. The Balaban J connectivity index is 0.000000101. The molecule has 0 unspecified atom stereocenters. The van der Waals surface area contributed by atoms with Crippen molar-refractivity contribution >= 4 is 166 Å². The number of benzene rings is 20. The second kappa shape index (κ2) is 37.6. The van der Waals surface area contributed by atoms with E-state index in [0.29, 0.717) is 0 Å². The van der Waals surface area contributed by atoms with E-state index >= 15 is 0 Å². The van der Waals surface area contributed by atoms with Crippen LogP contribution in [0.15, 0.2) is 485 Å². The van der Waals surface area contributed by atoms with Crippen molar-refractivity contribution in [2.24, 2.45) is 0 Å². The normalized spacial score (nSPS) is 11.1. The topological polar surface area (TPSA) is 84.8 Å². The standard InChI is InChI=1S/C24H16F2N2.3C24H17FN2.C24H18N2/c25-16-5-9-18(10-6-16)27-19-11-14-24-22(15-19)21-3-1-2-4-23(21)28(24)20-12-7-17(26)8-13-20;25-17-11-13-23-21(15-17)22-16-19(26-18-7-3-1-4-8-18)12-14-24(22)27(23)20-9-5-2-6-10-20;25-17-10-13-20(14-11-17)27-23-9-5-4-8-21(23)22-16-19(12-15-24(22)27)26-18-6-2-1-3-7-18;25-17-10-12-18(13-11-17)26-19-14-15-24-22(16-19)21-8-4-5-9-23(21)27(24)20-6-2-1-3-7-20;1-3-9-18(10-4-1)25-19-15-16-24-22(17-19)21-13-7-8-14-23(21)26(24)20-11-5-2-6-12-20/h1-15,27H;3*1-16,26H;1-17,25H. The molecule has 0 fully saturated rings. The lowest BCUT2D eigenvalue weighted by atomic mass is 10.1. The predicted molar refractivity (Wildman–Crippen MR) is 552 cm³/mol. The monoisotopic (exact) mass is 1760 g/mol. The van der Waals surface area contributed by atoms with Crippen molar-refractivity contribution < 1.29 is 22.0 Å². The minimum absolute atomic E-state index is 0.226. The van der Waals surface area contributed by atoms with Gasteiger partial charge in [0.1, 0.15) is 29.1 Å². The molecule has 5 N–H and O–H groups in total. The summed E-state index contributed by atoms with van der Waals surface area (Å²) in [6.07, 6.45) is 0. The van der Waals surface area contributed by atoms with E-state index in [1.54, 1.807) is 42.5 Å². The highest BCUT2D eigenvalue weighted by molar-refractivity contribution is 6.15. The Hall–Kier alpha value is -18.0. The molecule has 0 amide bonds. The molecule has 0 aliphatic heterocycles. The van der Waals surface area contributed by atoms with Crippen LogP contribution >= 0.6 is 0 Å². The van der Waals surface area contributed by atoms with Gasteiger partial charge in [-0.3, -0.25) is 0 Å². The van der Waals surface area contributed by atoms with E-state index in [1.165, 1.54) is 104 Å². The summed E-state index contributed by atoms with van der Waals surface area (Å²) in [5.41, 5.74) is 26.3. The van der Waals surface area contributed by atoms with E-state index in [0.717, 1.165) is 145 Å². The summed E-state index contributed by atoms with van der Waals surface area (Å²) in [6, 6.07) is 157. The molecule has 0 spiro atoms. The maximum Gasteiger partial charge on any atom is 0.123 e. The average molecular weight is 1760 g/mol. The van der Waals surface area contributed by atoms with Crippen molar-refractivity contribution in [1.82, 2.24) is 22.8 Å². The fourth-order valence-corrected chi connectivity index (χ4v) is 18.0. The largest absolute Gasteiger partial charge is 0.356 e. The lowest BCUT2D eigenvalue weighted by molar-refractivity contribution is 0.627. The van der Waals surface area contributed by atoms with Crippen molar-refractivity contribution in [3.8, 4) is 28.4 Å². The molecule has 650 valence electrons. The number of rotatable bonds is 15. The van der Waals surface area contributed by atoms with Crippen molar-refractivity contribution in [1.29, 1.82) is 0 Å². The van der Waals surface area contributed by atoms with Crippen LogP contribution in [0.25, 0.3) is 137 Å². The SMILES string of the molecule is Fc1ccc(-n2c3ccccc3c3cc(Nc4ccccc4)ccc32)cc1.Fc1ccc(Nc2ccc3c(c2)c2ccccc2n3-c2ccc(F)cc2)cc1.Fc1ccc(Nc2ccc3c(c2)c2ccccc2n3-c2ccccc2)cc1.Fc1ccc2c(c1)c1cc(Nc3ccccc3)ccc1n2-c1ccccc1.c1ccc(Nc2ccc3c(c2)c2ccccc2n3-c2ccccc2)cc1. The quantitative estimate of drug-likeness (QED) is 0.0661. The molecule has 0 atom stereocenters. The zero-order valence-electron chi connectivity index (χ0n) is 72.8. The average Bonchev–Trinajstić information content (AvgIpc) is 1.62. The van der Waals surface area contributed by atoms with Crippen molar-refractivity contribution in [2.45, 2.75) is 0 Å². The zero-order valence-corrected chi connectivity index (χ0v) is 72.8. The van der Waals surface area contributed by atoms with E-state index in [2.05, 4.69) is 280 Å². The maximum atomic E-state index is 14.0. The minimum atomic E-state index is -0.261. The van der Waals surface area contributed by atoms with Crippen LogP contribution in [-0.2, 0) is 0 Å². The van der Waals surface area contributed by atoms with Crippen LogP contribution in [0.5, 0.6) is 0 Å². The lowest BCUT2D eigenvalue weighted by Crippen LogP contribution is -1.94. The van der Waals surface area contributed by atoms with E-state index in [9.17, 15) is 22.0 Å². The highest BCUT2D eigenvalue weighted by atomic mass is 19.1. The summed E-state index contributed by atoms with van der Waals surface area (Å²) >= 11 is 0. The van der Waals surface area contributed by atoms with Gasteiger partial charge in [0.25, 0.3) is 0 Å².